The van der Waals surface area contributed by atoms with Crippen molar-refractivity contribution in [3.63, 3.8) is 0 Å². The standard InChI is InChI=1S/C16H22FN3/c1-2-10-20-14-7-6-12(17)11-13(14)19-15(20)16(18)8-4-3-5-9-16/h6-7,11H,2-5,8-10,18H2,1H3. The van der Waals surface area contributed by atoms with Gasteiger partial charge in [-0.05, 0) is 31.4 Å². The molecule has 3 nitrogen and oxygen atoms in total. The van der Waals surface area contributed by atoms with Gasteiger partial charge in [-0.1, -0.05) is 26.2 Å². The molecule has 2 N–H and O–H groups in total. The Morgan fingerprint density at radius 3 is 2.75 bits per heavy atom. The first kappa shape index (κ1) is 13.6. The molecule has 1 heterocycles. The Morgan fingerprint density at radius 1 is 1.30 bits per heavy atom. The van der Waals surface area contributed by atoms with Gasteiger partial charge in [-0.15, -0.1) is 0 Å². The van der Waals surface area contributed by atoms with Gasteiger partial charge in [0, 0.05) is 12.6 Å². The highest BCUT2D eigenvalue weighted by Gasteiger charge is 2.34. The number of benzene rings is 1. The lowest BCUT2D eigenvalue weighted by Gasteiger charge is -2.33. The van der Waals surface area contributed by atoms with E-state index in [1.807, 2.05) is 6.07 Å². The first-order valence-electron chi connectivity index (χ1n) is 7.59. The highest BCUT2D eigenvalue weighted by atomic mass is 19.1. The third-order valence-electron chi connectivity index (χ3n) is 4.35. The average Bonchev–Trinajstić information content (AvgIpc) is 2.79. The van der Waals surface area contributed by atoms with Crippen molar-refractivity contribution in [3.05, 3.63) is 29.8 Å². The van der Waals surface area contributed by atoms with Crippen molar-refractivity contribution in [3.8, 4) is 0 Å². The van der Waals surface area contributed by atoms with Gasteiger partial charge >= 0.3 is 0 Å². The summed E-state index contributed by atoms with van der Waals surface area (Å²) < 4.78 is 15.6. The molecule has 3 rings (SSSR count). The van der Waals surface area contributed by atoms with E-state index in [4.69, 9.17) is 5.73 Å². The van der Waals surface area contributed by atoms with Gasteiger partial charge in [0.05, 0.1) is 16.6 Å². The second-order valence-electron chi connectivity index (χ2n) is 5.94. The van der Waals surface area contributed by atoms with Crippen molar-refractivity contribution in [2.75, 3.05) is 0 Å². The first-order valence-corrected chi connectivity index (χ1v) is 7.59. The zero-order valence-electron chi connectivity index (χ0n) is 12.0. The first-order chi connectivity index (χ1) is 9.64. The molecule has 108 valence electrons. The molecule has 1 fully saturated rings. The van der Waals surface area contributed by atoms with E-state index in [1.54, 1.807) is 0 Å². The summed E-state index contributed by atoms with van der Waals surface area (Å²) in [5.41, 5.74) is 8.02. The van der Waals surface area contributed by atoms with E-state index in [9.17, 15) is 4.39 Å². The molecule has 1 aliphatic rings. The molecule has 1 aromatic heterocycles. The van der Waals surface area contributed by atoms with Crippen LogP contribution in [-0.2, 0) is 12.1 Å². The van der Waals surface area contributed by atoms with Crippen LogP contribution in [0.3, 0.4) is 0 Å². The number of aryl methyl sites for hydroxylation is 1. The fraction of sp³-hybridized carbons (Fsp3) is 0.562. The van der Waals surface area contributed by atoms with E-state index in [0.29, 0.717) is 0 Å². The molecule has 0 unspecified atom stereocenters. The van der Waals surface area contributed by atoms with Gasteiger partial charge in [-0.3, -0.25) is 0 Å². The van der Waals surface area contributed by atoms with Gasteiger partial charge in [0.25, 0.3) is 0 Å². The lowest BCUT2D eigenvalue weighted by atomic mass is 9.82. The Morgan fingerprint density at radius 2 is 2.05 bits per heavy atom. The Bertz CT molecular complexity index is 611. The van der Waals surface area contributed by atoms with Crippen LogP contribution in [0.25, 0.3) is 11.0 Å². The molecular weight excluding hydrogens is 253 g/mol. The Labute approximate surface area is 119 Å². The number of hydrogen-bond donors (Lipinski definition) is 1. The average molecular weight is 275 g/mol. The molecule has 1 saturated carbocycles. The number of aromatic nitrogens is 2. The van der Waals surface area contributed by atoms with Crippen molar-refractivity contribution in [2.24, 2.45) is 5.73 Å². The summed E-state index contributed by atoms with van der Waals surface area (Å²) in [5, 5.41) is 0. The molecule has 2 aromatic rings. The summed E-state index contributed by atoms with van der Waals surface area (Å²) in [6, 6.07) is 4.84. The highest BCUT2D eigenvalue weighted by molar-refractivity contribution is 5.76. The molecule has 0 radical (unpaired) electrons. The third kappa shape index (κ3) is 2.22. The number of halogens is 1. The van der Waals surface area contributed by atoms with E-state index < -0.39 is 0 Å². The molecular formula is C16H22FN3. The number of fused-ring (bicyclic) bond motifs is 1. The van der Waals surface area contributed by atoms with E-state index in [0.717, 1.165) is 55.5 Å². The molecule has 1 aliphatic carbocycles. The lowest BCUT2D eigenvalue weighted by molar-refractivity contribution is 0.278. The highest BCUT2D eigenvalue weighted by Crippen LogP contribution is 2.36. The molecule has 0 amide bonds. The zero-order chi connectivity index (χ0) is 14.2. The maximum atomic E-state index is 13.4. The van der Waals surface area contributed by atoms with Crippen molar-refractivity contribution >= 4 is 11.0 Å². The topological polar surface area (TPSA) is 43.8 Å². The fourth-order valence-electron chi connectivity index (χ4n) is 3.34. The monoisotopic (exact) mass is 275 g/mol. The predicted molar refractivity (Wildman–Crippen MR) is 78.9 cm³/mol. The van der Waals surface area contributed by atoms with Crippen LogP contribution in [0.1, 0.15) is 51.3 Å². The number of nitrogens with two attached hydrogens (primary N) is 1. The van der Waals surface area contributed by atoms with Crippen LogP contribution in [0.4, 0.5) is 4.39 Å². The number of rotatable bonds is 3. The van der Waals surface area contributed by atoms with Crippen molar-refractivity contribution < 1.29 is 4.39 Å². The normalized spacial score (nSPS) is 18.6. The quantitative estimate of drug-likeness (QED) is 0.928. The lowest BCUT2D eigenvalue weighted by Crippen LogP contribution is -2.41. The smallest absolute Gasteiger partial charge is 0.130 e. The van der Waals surface area contributed by atoms with Crippen LogP contribution in [0.15, 0.2) is 18.2 Å². The van der Waals surface area contributed by atoms with Crippen molar-refractivity contribution in [2.45, 2.75) is 57.5 Å². The van der Waals surface area contributed by atoms with E-state index in [2.05, 4.69) is 16.5 Å². The molecule has 0 aliphatic heterocycles. The second kappa shape index (κ2) is 5.17. The van der Waals surface area contributed by atoms with Crippen LogP contribution < -0.4 is 5.73 Å². The third-order valence-corrected chi connectivity index (χ3v) is 4.35. The zero-order valence-corrected chi connectivity index (χ0v) is 12.0. The minimum Gasteiger partial charge on any atom is -0.326 e. The van der Waals surface area contributed by atoms with Crippen LogP contribution in [0, 0.1) is 5.82 Å². The molecule has 20 heavy (non-hydrogen) atoms. The summed E-state index contributed by atoms with van der Waals surface area (Å²) in [6.07, 6.45) is 6.53. The summed E-state index contributed by atoms with van der Waals surface area (Å²) in [7, 11) is 0. The van der Waals surface area contributed by atoms with Gasteiger partial charge in [0.15, 0.2) is 0 Å². The minimum atomic E-state index is -0.344. The molecule has 0 saturated heterocycles. The van der Waals surface area contributed by atoms with Gasteiger partial charge < -0.3 is 10.3 Å². The van der Waals surface area contributed by atoms with Gasteiger partial charge in [0.1, 0.15) is 11.6 Å². The Kier molecular flexibility index (Phi) is 3.50. The summed E-state index contributed by atoms with van der Waals surface area (Å²) in [5.74, 6) is 0.708. The Hall–Kier alpha value is -1.42. The summed E-state index contributed by atoms with van der Waals surface area (Å²) in [4.78, 5) is 4.69. The van der Waals surface area contributed by atoms with Gasteiger partial charge in [-0.25, -0.2) is 9.37 Å². The van der Waals surface area contributed by atoms with E-state index >= 15 is 0 Å². The van der Waals surface area contributed by atoms with Crippen molar-refractivity contribution in [1.29, 1.82) is 0 Å². The maximum absolute atomic E-state index is 13.4. The number of hydrogen-bond acceptors (Lipinski definition) is 2. The van der Waals surface area contributed by atoms with Crippen LogP contribution in [0.2, 0.25) is 0 Å². The molecule has 0 spiro atoms. The van der Waals surface area contributed by atoms with Gasteiger partial charge in [0.2, 0.25) is 0 Å². The second-order valence-corrected chi connectivity index (χ2v) is 5.94. The van der Waals surface area contributed by atoms with E-state index in [1.165, 1.54) is 18.6 Å². The fourth-order valence-corrected chi connectivity index (χ4v) is 3.34. The Balaban J connectivity index is 2.15. The molecule has 0 atom stereocenters. The minimum absolute atomic E-state index is 0.236. The SMILES string of the molecule is CCCn1c(C2(N)CCCCC2)nc2cc(F)ccc21. The van der Waals surface area contributed by atoms with Crippen molar-refractivity contribution in [1.82, 2.24) is 9.55 Å². The maximum Gasteiger partial charge on any atom is 0.130 e. The van der Waals surface area contributed by atoms with Crippen LogP contribution in [0.5, 0.6) is 0 Å². The largest absolute Gasteiger partial charge is 0.326 e. The summed E-state index contributed by atoms with van der Waals surface area (Å²) in [6.45, 7) is 3.03. The van der Waals surface area contributed by atoms with E-state index in [-0.39, 0.29) is 11.4 Å². The van der Waals surface area contributed by atoms with Crippen LogP contribution >= 0.6 is 0 Å². The molecule has 4 heteroatoms. The number of nitrogens with zero attached hydrogens (tertiary/aromatic N) is 2. The number of imidazole rings is 1. The molecule has 0 bridgehead atoms. The van der Waals surface area contributed by atoms with Crippen LogP contribution in [-0.4, -0.2) is 9.55 Å². The molecule has 1 aromatic carbocycles. The van der Waals surface area contributed by atoms with Gasteiger partial charge in [-0.2, -0.15) is 0 Å². The predicted octanol–water partition coefficient (Wildman–Crippen LogP) is 3.70. The summed E-state index contributed by atoms with van der Waals surface area (Å²) >= 11 is 0.